The number of hydrogen-bond donors (Lipinski definition) is 1. The number of rotatable bonds is 5. The Kier molecular flexibility index (Phi) is 5.81. The molecular weight excluding hydrogens is 360 g/mol. The fourth-order valence-electron chi connectivity index (χ4n) is 4.30. The van der Waals surface area contributed by atoms with Crippen LogP contribution in [0.4, 0.5) is 0 Å². The van der Waals surface area contributed by atoms with Crippen molar-refractivity contribution in [3.8, 4) is 11.3 Å². The van der Waals surface area contributed by atoms with Crippen LogP contribution in [0.2, 0.25) is 0 Å². The predicted octanol–water partition coefficient (Wildman–Crippen LogP) is 4.15. The SMILES string of the molecule is Cn1c(C(=O)N2CCC(C(O)Cc3ccccc3)CC2)ccc1-c1ccccc1. The zero-order valence-electron chi connectivity index (χ0n) is 16.9. The third-order valence-electron chi connectivity index (χ3n) is 6.07. The van der Waals surface area contributed by atoms with Crippen LogP contribution in [0.1, 0.15) is 28.9 Å². The zero-order valence-corrected chi connectivity index (χ0v) is 16.9. The molecule has 29 heavy (non-hydrogen) atoms. The number of aliphatic hydroxyl groups is 1. The van der Waals surface area contributed by atoms with Crippen molar-refractivity contribution in [2.75, 3.05) is 13.1 Å². The summed E-state index contributed by atoms with van der Waals surface area (Å²) < 4.78 is 1.98. The molecule has 0 aliphatic carbocycles. The smallest absolute Gasteiger partial charge is 0.270 e. The lowest BCUT2D eigenvalue weighted by atomic mass is 9.88. The Hall–Kier alpha value is -2.85. The van der Waals surface area contributed by atoms with Gasteiger partial charge in [0.05, 0.1) is 6.10 Å². The van der Waals surface area contributed by atoms with Crippen molar-refractivity contribution >= 4 is 5.91 Å². The average Bonchev–Trinajstić information content (AvgIpc) is 3.16. The predicted molar refractivity (Wildman–Crippen MR) is 116 cm³/mol. The summed E-state index contributed by atoms with van der Waals surface area (Å²) in [5, 5.41) is 10.6. The maximum Gasteiger partial charge on any atom is 0.270 e. The highest BCUT2D eigenvalue weighted by Crippen LogP contribution is 2.26. The van der Waals surface area contributed by atoms with Gasteiger partial charge < -0.3 is 14.6 Å². The van der Waals surface area contributed by atoms with Gasteiger partial charge in [0.2, 0.25) is 0 Å². The first-order valence-electron chi connectivity index (χ1n) is 10.4. The molecule has 1 saturated heterocycles. The topological polar surface area (TPSA) is 45.5 Å². The molecule has 1 aliphatic rings. The fraction of sp³-hybridized carbons (Fsp3) is 0.320. The van der Waals surface area contributed by atoms with E-state index in [1.807, 2.05) is 65.0 Å². The van der Waals surface area contributed by atoms with Crippen molar-refractivity contribution < 1.29 is 9.90 Å². The van der Waals surface area contributed by atoms with Crippen LogP contribution in [-0.4, -0.2) is 39.7 Å². The molecule has 1 atom stereocenters. The highest BCUT2D eigenvalue weighted by Gasteiger charge is 2.29. The van der Waals surface area contributed by atoms with E-state index < -0.39 is 0 Å². The summed E-state index contributed by atoms with van der Waals surface area (Å²) in [5.74, 6) is 0.318. The lowest BCUT2D eigenvalue weighted by Crippen LogP contribution is -2.42. The van der Waals surface area contributed by atoms with Crippen LogP contribution < -0.4 is 0 Å². The minimum Gasteiger partial charge on any atom is -0.392 e. The van der Waals surface area contributed by atoms with E-state index >= 15 is 0 Å². The van der Waals surface area contributed by atoms with Gasteiger partial charge in [0.1, 0.15) is 5.69 Å². The highest BCUT2D eigenvalue weighted by molar-refractivity contribution is 5.94. The Balaban J connectivity index is 1.38. The van der Waals surface area contributed by atoms with Crippen molar-refractivity contribution in [1.29, 1.82) is 0 Å². The molecule has 1 N–H and O–H groups in total. The Morgan fingerprint density at radius 3 is 2.24 bits per heavy atom. The van der Waals surface area contributed by atoms with Crippen molar-refractivity contribution in [2.24, 2.45) is 13.0 Å². The molecular formula is C25H28N2O2. The number of nitrogens with zero attached hydrogens (tertiary/aromatic N) is 2. The molecule has 0 radical (unpaired) electrons. The van der Waals surface area contributed by atoms with E-state index in [0.29, 0.717) is 25.2 Å². The quantitative estimate of drug-likeness (QED) is 0.714. The summed E-state index contributed by atoms with van der Waals surface area (Å²) in [5.41, 5.74) is 4.03. The number of amides is 1. The summed E-state index contributed by atoms with van der Waals surface area (Å²) in [6, 6.07) is 24.2. The largest absolute Gasteiger partial charge is 0.392 e. The highest BCUT2D eigenvalue weighted by atomic mass is 16.3. The molecule has 4 nitrogen and oxygen atoms in total. The molecule has 2 heterocycles. The lowest BCUT2D eigenvalue weighted by molar-refractivity contribution is 0.0461. The first kappa shape index (κ1) is 19.5. The van der Waals surface area contributed by atoms with Gasteiger partial charge in [-0.15, -0.1) is 0 Å². The molecule has 0 bridgehead atoms. The van der Waals surface area contributed by atoms with E-state index in [4.69, 9.17) is 0 Å². The molecule has 1 fully saturated rings. The zero-order chi connectivity index (χ0) is 20.2. The van der Waals surface area contributed by atoms with Crippen LogP contribution in [0.15, 0.2) is 72.8 Å². The van der Waals surface area contributed by atoms with E-state index in [2.05, 4.69) is 24.3 Å². The minimum absolute atomic E-state index is 0.0747. The van der Waals surface area contributed by atoms with Gasteiger partial charge in [-0.05, 0) is 48.4 Å². The number of likely N-dealkylation sites (tertiary alicyclic amines) is 1. The first-order valence-corrected chi connectivity index (χ1v) is 10.4. The molecule has 3 aromatic rings. The molecule has 150 valence electrons. The number of benzene rings is 2. The molecule has 0 spiro atoms. The van der Waals surface area contributed by atoms with E-state index in [1.54, 1.807) is 0 Å². The second-order valence-electron chi connectivity index (χ2n) is 7.92. The van der Waals surface area contributed by atoms with Crippen molar-refractivity contribution in [1.82, 2.24) is 9.47 Å². The van der Waals surface area contributed by atoms with Crippen LogP contribution in [-0.2, 0) is 13.5 Å². The number of carbonyl (C=O) groups excluding carboxylic acids is 1. The molecule has 1 aliphatic heterocycles. The van der Waals surface area contributed by atoms with Gasteiger partial charge in [0, 0.05) is 25.8 Å². The summed E-state index contributed by atoms with van der Waals surface area (Å²) in [4.78, 5) is 15.0. The van der Waals surface area contributed by atoms with Crippen molar-refractivity contribution in [2.45, 2.75) is 25.4 Å². The maximum atomic E-state index is 13.1. The Bertz CT molecular complexity index is 941. The molecule has 0 saturated carbocycles. The van der Waals surface area contributed by atoms with Crippen LogP contribution in [0, 0.1) is 5.92 Å². The van der Waals surface area contributed by atoms with E-state index in [-0.39, 0.29) is 17.9 Å². The fourth-order valence-corrected chi connectivity index (χ4v) is 4.30. The average molecular weight is 389 g/mol. The summed E-state index contributed by atoms with van der Waals surface area (Å²) in [6.45, 7) is 1.39. The molecule has 1 aromatic heterocycles. The van der Waals surface area contributed by atoms with Gasteiger partial charge in [0.15, 0.2) is 0 Å². The standard InChI is InChI=1S/C25H28N2O2/c1-26-22(20-10-6-3-7-11-20)12-13-23(26)25(29)27-16-14-21(15-17-27)24(28)18-19-8-4-2-5-9-19/h2-13,21,24,28H,14-18H2,1H3. The van der Waals surface area contributed by atoms with Gasteiger partial charge >= 0.3 is 0 Å². The van der Waals surface area contributed by atoms with Gasteiger partial charge in [-0.1, -0.05) is 60.7 Å². The minimum atomic E-state index is -0.352. The lowest BCUT2D eigenvalue weighted by Gasteiger charge is -2.34. The summed E-state index contributed by atoms with van der Waals surface area (Å²) in [6.07, 6.45) is 2.01. The van der Waals surface area contributed by atoms with E-state index in [9.17, 15) is 9.90 Å². The number of piperidine rings is 1. The van der Waals surface area contributed by atoms with Gasteiger partial charge in [-0.2, -0.15) is 0 Å². The van der Waals surface area contributed by atoms with E-state index in [0.717, 1.165) is 29.7 Å². The third-order valence-corrected chi connectivity index (χ3v) is 6.07. The molecule has 4 rings (SSSR count). The Morgan fingerprint density at radius 2 is 1.59 bits per heavy atom. The monoisotopic (exact) mass is 388 g/mol. The third kappa shape index (κ3) is 4.28. The number of hydrogen-bond acceptors (Lipinski definition) is 2. The molecule has 1 amide bonds. The molecule has 2 aromatic carbocycles. The van der Waals surface area contributed by atoms with Crippen LogP contribution in [0.5, 0.6) is 0 Å². The number of aromatic nitrogens is 1. The van der Waals surface area contributed by atoms with Crippen LogP contribution in [0.25, 0.3) is 11.3 Å². The number of carbonyl (C=O) groups is 1. The maximum absolute atomic E-state index is 13.1. The van der Waals surface area contributed by atoms with Gasteiger partial charge in [0.25, 0.3) is 5.91 Å². The van der Waals surface area contributed by atoms with Crippen molar-refractivity contribution in [3.63, 3.8) is 0 Å². The normalized spacial score (nSPS) is 16.0. The van der Waals surface area contributed by atoms with Crippen LogP contribution >= 0.6 is 0 Å². The number of aliphatic hydroxyl groups excluding tert-OH is 1. The second kappa shape index (κ2) is 8.66. The Morgan fingerprint density at radius 1 is 0.966 bits per heavy atom. The summed E-state index contributed by atoms with van der Waals surface area (Å²) in [7, 11) is 1.95. The van der Waals surface area contributed by atoms with Gasteiger partial charge in [-0.25, -0.2) is 0 Å². The Labute approximate surface area is 172 Å². The molecule has 4 heteroatoms. The first-order chi connectivity index (χ1) is 14.1. The van der Waals surface area contributed by atoms with Crippen LogP contribution in [0.3, 0.4) is 0 Å². The van der Waals surface area contributed by atoms with E-state index in [1.165, 1.54) is 0 Å². The second-order valence-corrected chi connectivity index (χ2v) is 7.92. The summed E-state index contributed by atoms with van der Waals surface area (Å²) >= 11 is 0. The van der Waals surface area contributed by atoms with Gasteiger partial charge in [-0.3, -0.25) is 4.79 Å². The van der Waals surface area contributed by atoms with Crippen molar-refractivity contribution in [3.05, 3.63) is 84.1 Å². The molecule has 1 unspecified atom stereocenters.